The highest BCUT2D eigenvalue weighted by Gasteiger charge is 2.18. The zero-order valence-corrected chi connectivity index (χ0v) is 32.5. The van der Waals surface area contributed by atoms with E-state index in [1.165, 1.54) is 54.9 Å². The Kier molecular flexibility index (Phi) is 7.85. The number of aromatic nitrogens is 3. The van der Waals surface area contributed by atoms with E-state index in [1.54, 1.807) is 0 Å². The summed E-state index contributed by atoms with van der Waals surface area (Å²) < 4.78 is 0. The van der Waals surface area contributed by atoms with E-state index in [0.717, 1.165) is 66.1 Å². The first-order chi connectivity index (χ1) is 29.7. The fourth-order valence-corrected chi connectivity index (χ4v) is 9.15. The number of pyridine rings is 3. The van der Waals surface area contributed by atoms with Gasteiger partial charge < -0.3 is 0 Å². The van der Waals surface area contributed by atoms with Gasteiger partial charge in [0.25, 0.3) is 0 Å². The van der Waals surface area contributed by atoms with E-state index < -0.39 is 0 Å². The van der Waals surface area contributed by atoms with Gasteiger partial charge in [-0.25, -0.2) is 15.0 Å². The number of para-hydroxylation sites is 1. The number of rotatable bonds is 5. The molecule has 12 rings (SSSR count). The first kappa shape index (κ1) is 34.1. The molecule has 0 N–H and O–H groups in total. The molecule has 0 aliphatic carbocycles. The molecule has 278 valence electrons. The molecule has 0 aliphatic rings. The Bertz CT molecular complexity index is 3560. The maximum absolute atomic E-state index is 5.41. The summed E-state index contributed by atoms with van der Waals surface area (Å²) >= 11 is 0. The van der Waals surface area contributed by atoms with Gasteiger partial charge in [-0.2, -0.15) is 0 Å². The second-order valence-electron chi connectivity index (χ2n) is 15.5. The lowest BCUT2D eigenvalue weighted by Gasteiger charge is -2.18. The Morgan fingerprint density at radius 1 is 0.250 bits per heavy atom. The molecule has 0 amide bonds. The minimum Gasteiger partial charge on any atom is -0.247 e. The summed E-state index contributed by atoms with van der Waals surface area (Å²) in [7, 11) is 0. The molecule has 0 radical (unpaired) electrons. The van der Waals surface area contributed by atoms with Crippen molar-refractivity contribution in [1.82, 2.24) is 15.0 Å². The summed E-state index contributed by atoms with van der Waals surface area (Å²) in [4.78, 5) is 15.9. The van der Waals surface area contributed by atoms with Gasteiger partial charge in [-0.05, 0) is 73.1 Å². The fraction of sp³-hybridized carbons (Fsp3) is 0. The van der Waals surface area contributed by atoms with Crippen molar-refractivity contribution in [2.75, 3.05) is 0 Å². The molecule has 12 aromatic rings. The van der Waals surface area contributed by atoms with Crippen LogP contribution in [-0.4, -0.2) is 15.0 Å². The first-order valence-electron chi connectivity index (χ1n) is 20.4. The molecule has 0 atom stereocenters. The second-order valence-corrected chi connectivity index (χ2v) is 15.5. The number of hydrogen-bond acceptors (Lipinski definition) is 3. The Labute approximate surface area is 346 Å². The van der Waals surface area contributed by atoms with Gasteiger partial charge in [-0.3, -0.25) is 0 Å². The van der Waals surface area contributed by atoms with Crippen LogP contribution in [0, 0.1) is 0 Å². The van der Waals surface area contributed by atoms with E-state index in [4.69, 9.17) is 15.0 Å². The maximum Gasteiger partial charge on any atom is 0.0972 e. The summed E-state index contributed by atoms with van der Waals surface area (Å²) in [5.74, 6) is 0. The van der Waals surface area contributed by atoms with E-state index in [1.807, 2.05) is 12.1 Å². The van der Waals surface area contributed by atoms with Crippen molar-refractivity contribution in [3.05, 3.63) is 212 Å². The Hall–Kier alpha value is -8.01. The highest BCUT2D eigenvalue weighted by Crippen LogP contribution is 2.44. The summed E-state index contributed by atoms with van der Waals surface area (Å²) in [5, 5.41) is 9.12. The van der Waals surface area contributed by atoms with Gasteiger partial charge >= 0.3 is 0 Å². The van der Waals surface area contributed by atoms with Gasteiger partial charge in [0.1, 0.15) is 0 Å². The van der Waals surface area contributed by atoms with Crippen LogP contribution in [0.5, 0.6) is 0 Å². The highest BCUT2D eigenvalue weighted by atomic mass is 14.8. The summed E-state index contributed by atoms with van der Waals surface area (Å²) in [6, 6.07) is 75.7. The predicted octanol–water partition coefficient (Wildman–Crippen LogP) is 15.1. The normalized spacial score (nSPS) is 11.7. The van der Waals surface area contributed by atoms with Gasteiger partial charge in [0.2, 0.25) is 0 Å². The van der Waals surface area contributed by atoms with Gasteiger partial charge in [-0.15, -0.1) is 0 Å². The van der Waals surface area contributed by atoms with Crippen molar-refractivity contribution < 1.29 is 0 Å². The first-order valence-corrected chi connectivity index (χ1v) is 20.4. The molecule has 0 aliphatic heterocycles. The van der Waals surface area contributed by atoms with Crippen LogP contribution in [0.4, 0.5) is 0 Å². The zero-order valence-electron chi connectivity index (χ0n) is 32.5. The molecular formula is C57H35N3. The van der Waals surface area contributed by atoms with E-state index >= 15 is 0 Å². The van der Waals surface area contributed by atoms with E-state index in [2.05, 4.69) is 200 Å². The average molecular weight is 762 g/mol. The van der Waals surface area contributed by atoms with Crippen LogP contribution in [0.1, 0.15) is 0 Å². The number of nitrogens with zero attached hydrogens (tertiary/aromatic N) is 3. The van der Waals surface area contributed by atoms with Crippen LogP contribution in [-0.2, 0) is 0 Å². The van der Waals surface area contributed by atoms with E-state index in [0.29, 0.717) is 0 Å². The standard InChI is InChI=1S/C57H35N3/c1-3-13-36(14-4-1)37-23-27-39(28-24-37)52-44-17-7-9-19-46(44)53(47-20-10-8-18-45(47)52)40-29-25-38(26-30-40)50-34-33-42-31-32-43-35-49-54(41-15-5-2-6-16-41)59-51-22-12-11-21-48(51)57(49)60-56(43)55(42)58-50/h1-35H. The van der Waals surface area contributed by atoms with Gasteiger partial charge in [0.05, 0.1) is 33.5 Å². The predicted molar refractivity (Wildman–Crippen MR) is 252 cm³/mol. The maximum atomic E-state index is 5.41. The third-order valence-corrected chi connectivity index (χ3v) is 12.0. The molecule has 3 aromatic heterocycles. The molecular weight excluding hydrogens is 727 g/mol. The summed E-state index contributed by atoms with van der Waals surface area (Å²) in [6.45, 7) is 0. The molecule has 9 aromatic carbocycles. The van der Waals surface area contributed by atoms with Gasteiger partial charge in [-0.1, -0.05) is 194 Å². The Morgan fingerprint density at radius 3 is 1.32 bits per heavy atom. The highest BCUT2D eigenvalue weighted by molar-refractivity contribution is 6.21. The van der Waals surface area contributed by atoms with Gasteiger partial charge in [0.15, 0.2) is 0 Å². The van der Waals surface area contributed by atoms with E-state index in [9.17, 15) is 0 Å². The second kappa shape index (κ2) is 13.8. The molecule has 3 heteroatoms. The molecule has 60 heavy (non-hydrogen) atoms. The molecule has 0 saturated carbocycles. The summed E-state index contributed by atoms with van der Waals surface area (Å²) in [5.41, 5.74) is 14.9. The van der Waals surface area contributed by atoms with Crippen molar-refractivity contribution in [1.29, 1.82) is 0 Å². The van der Waals surface area contributed by atoms with Gasteiger partial charge in [0, 0.05) is 32.7 Å². The molecule has 3 heterocycles. The smallest absolute Gasteiger partial charge is 0.0972 e. The zero-order chi connectivity index (χ0) is 39.6. The van der Waals surface area contributed by atoms with Crippen molar-refractivity contribution in [2.45, 2.75) is 0 Å². The van der Waals surface area contributed by atoms with Crippen LogP contribution in [0.3, 0.4) is 0 Å². The molecule has 0 fully saturated rings. The summed E-state index contributed by atoms with van der Waals surface area (Å²) in [6.07, 6.45) is 0. The lowest BCUT2D eigenvalue weighted by atomic mass is 9.85. The van der Waals surface area contributed by atoms with E-state index in [-0.39, 0.29) is 0 Å². The van der Waals surface area contributed by atoms with Crippen LogP contribution in [0.2, 0.25) is 0 Å². The fourth-order valence-electron chi connectivity index (χ4n) is 9.15. The van der Waals surface area contributed by atoms with Crippen molar-refractivity contribution in [3.63, 3.8) is 0 Å². The Balaban J connectivity index is 0.978. The topological polar surface area (TPSA) is 38.7 Å². The average Bonchev–Trinajstić information content (AvgIpc) is 3.33. The SMILES string of the molecule is c1ccc(-c2ccc(-c3c4ccccc4c(-c4ccc(-c5ccc6ccc7cc8c(-c9ccccc9)nc9ccccc9c8nc7c6n5)cc4)c4ccccc34)cc2)cc1. The molecule has 0 saturated heterocycles. The van der Waals surface area contributed by atoms with Crippen LogP contribution in [0.25, 0.3) is 121 Å². The lowest BCUT2D eigenvalue weighted by Crippen LogP contribution is -1.94. The Morgan fingerprint density at radius 2 is 0.700 bits per heavy atom. The third-order valence-electron chi connectivity index (χ3n) is 12.0. The lowest BCUT2D eigenvalue weighted by molar-refractivity contribution is 1.38. The van der Waals surface area contributed by atoms with Crippen molar-refractivity contribution in [2.24, 2.45) is 0 Å². The van der Waals surface area contributed by atoms with Crippen molar-refractivity contribution >= 4 is 65.2 Å². The van der Waals surface area contributed by atoms with Crippen molar-refractivity contribution in [3.8, 4) is 55.9 Å². The van der Waals surface area contributed by atoms with Crippen LogP contribution >= 0.6 is 0 Å². The molecule has 3 nitrogen and oxygen atoms in total. The monoisotopic (exact) mass is 761 g/mol. The number of benzene rings is 9. The largest absolute Gasteiger partial charge is 0.247 e. The number of fused-ring (bicyclic) bond motifs is 8. The number of hydrogen-bond donors (Lipinski definition) is 0. The molecule has 0 spiro atoms. The minimum atomic E-state index is 0.890. The quantitative estimate of drug-likeness (QED) is 0.129. The van der Waals surface area contributed by atoms with Crippen LogP contribution in [0.15, 0.2) is 212 Å². The molecule has 0 bridgehead atoms. The minimum absolute atomic E-state index is 0.890. The van der Waals surface area contributed by atoms with Crippen LogP contribution < -0.4 is 0 Å². The molecule has 0 unspecified atom stereocenters. The third kappa shape index (κ3) is 5.55.